The molecule has 2 rings (SSSR count). The van der Waals surface area contributed by atoms with Crippen molar-refractivity contribution in [1.29, 1.82) is 0 Å². The normalized spacial score (nSPS) is 10.4. The van der Waals surface area contributed by atoms with E-state index in [0.717, 1.165) is 0 Å². The summed E-state index contributed by atoms with van der Waals surface area (Å²) in [5.74, 6) is -0.442. The Morgan fingerprint density at radius 1 is 1.64 bits per heavy atom. The van der Waals surface area contributed by atoms with Gasteiger partial charge in [-0.3, -0.25) is 4.40 Å². The standard InChI is InChI=1S/C8H8N4O2/c1-2-14-8(13)6-4-12-5-10-11-7(12)3-9-6/h3-5H,2H2,1H3. The number of aromatic nitrogens is 4. The summed E-state index contributed by atoms with van der Waals surface area (Å²) in [5.41, 5.74) is 0.845. The van der Waals surface area contributed by atoms with Crippen LogP contribution in [0, 0.1) is 0 Å². The van der Waals surface area contributed by atoms with Gasteiger partial charge in [0.2, 0.25) is 0 Å². The summed E-state index contributed by atoms with van der Waals surface area (Å²) in [4.78, 5) is 15.2. The Morgan fingerprint density at radius 2 is 2.50 bits per heavy atom. The predicted octanol–water partition coefficient (Wildman–Crippen LogP) is 0.301. The Balaban J connectivity index is 2.38. The molecule has 0 unspecified atom stereocenters. The number of ether oxygens (including phenoxy) is 1. The maximum absolute atomic E-state index is 11.3. The number of hydrogen-bond acceptors (Lipinski definition) is 5. The molecule has 0 saturated carbocycles. The van der Waals surface area contributed by atoms with Crippen LogP contribution in [-0.2, 0) is 4.74 Å². The van der Waals surface area contributed by atoms with Crippen LogP contribution in [0.25, 0.3) is 5.65 Å². The molecule has 0 saturated heterocycles. The quantitative estimate of drug-likeness (QED) is 0.640. The second-order valence-corrected chi connectivity index (χ2v) is 2.59. The summed E-state index contributed by atoms with van der Waals surface area (Å²) in [6.45, 7) is 2.08. The first-order valence-corrected chi connectivity index (χ1v) is 4.13. The molecule has 0 amide bonds. The highest BCUT2D eigenvalue weighted by molar-refractivity contribution is 5.87. The van der Waals surface area contributed by atoms with E-state index in [1.807, 2.05) is 0 Å². The van der Waals surface area contributed by atoms with Gasteiger partial charge in [-0.15, -0.1) is 10.2 Å². The van der Waals surface area contributed by atoms with Gasteiger partial charge < -0.3 is 4.74 Å². The van der Waals surface area contributed by atoms with E-state index in [-0.39, 0.29) is 5.69 Å². The lowest BCUT2D eigenvalue weighted by Gasteiger charge is -2.00. The zero-order valence-electron chi connectivity index (χ0n) is 7.54. The molecule has 6 heteroatoms. The van der Waals surface area contributed by atoms with E-state index in [0.29, 0.717) is 12.3 Å². The molecule has 2 heterocycles. The minimum Gasteiger partial charge on any atom is -0.461 e. The molecule has 0 N–H and O–H groups in total. The highest BCUT2D eigenvalue weighted by Crippen LogP contribution is 2.00. The smallest absolute Gasteiger partial charge is 0.358 e. The van der Waals surface area contributed by atoms with Crippen molar-refractivity contribution < 1.29 is 9.53 Å². The molecule has 2 aromatic rings. The van der Waals surface area contributed by atoms with Gasteiger partial charge in [0.1, 0.15) is 6.33 Å². The van der Waals surface area contributed by atoms with E-state index < -0.39 is 5.97 Å². The van der Waals surface area contributed by atoms with E-state index in [1.54, 1.807) is 11.3 Å². The summed E-state index contributed by atoms with van der Waals surface area (Å²) in [7, 11) is 0. The van der Waals surface area contributed by atoms with Gasteiger partial charge in [-0.05, 0) is 6.92 Å². The fourth-order valence-electron chi connectivity index (χ4n) is 1.05. The highest BCUT2D eigenvalue weighted by atomic mass is 16.5. The van der Waals surface area contributed by atoms with Crippen molar-refractivity contribution in [3.05, 3.63) is 24.4 Å². The Kier molecular flexibility index (Phi) is 2.10. The third-order valence-corrected chi connectivity index (χ3v) is 1.67. The lowest BCUT2D eigenvalue weighted by Crippen LogP contribution is -2.08. The third kappa shape index (κ3) is 1.41. The maximum Gasteiger partial charge on any atom is 0.358 e. The van der Waals surface area contributed by atoms with E-state index in [4.69, 9.17) is 4.74 Å². The largest absolute Gasteiger partial charge is 0.461 e. The topological polar surface area (TPSA) is 69.4 Å². The van der Waals surface area contributed by atoms with Gasteiger partial charge in [-0.1, -0.05) is 0 Å². The number of carbonyl (C=O) groups is 1. The SMILES string of the molecule is CCOC(=O)c1cn2cnnc2cn1. The number of hydrogen-bond donors (Lipinski definition) is 0. The fraction of sp³-hybridized carbons (Fsp3) is 0.250. The highest BCUT2D eigenvalue weighted by Gasteiger charge is 2.08. The molecule has 6 nitrogen and oxygen atoms in total. The molecule has 0 fully saturated rings. The number of carbonyl (C=O) groups excluding carboxylic acids is 1. The first-order valence-electron chi connectivity index (χ1n) is 4.13. The van der Waals surface area contributed by atoms with Gasteiger partial charge in [0.15, 0.2) is 11.3 Å². The molecule has 0 aliphatic heterocycles. The van der Waals surface area contributed by atoms with Crippen molar-refractivity contribution in [1.82, 2.24) is 19.6 Å². The van der Waals surface area contributed by atoms with Gasteiger partial charge in [-0.25, -0.2) is 9.78 Å². The number of nitrogens with zero attached hydrogens (tertiary/aromatic N) is 4. The first kappa shape index (κ1) is 8.61. The minimum absolute atomic E-state index is 0.249. The van der Waals surface area contributed by atoms with Gasteiger partial charge in [0, 0.05) is 6.20 Å². The minimum atomic E-state index is -0.442. The van der Waals surface area contributed by atoms with Gasteiger partial charge in [-0.2, -0.15) is 0 Å². The summed E-state index contributed by atoms with van der Waals surface area (Å²) in [5, 5.41) is 7.43. The third-order valence-electron chi connectivity index (χ3n) is 1.67. The fourth-order valence-corrected chi connectivity index (χ4v) is 1.05. The second kappa shape index (κ2) is 3.41. The van der Waals surface area contributed by atoms with Crippen molar-refractivity contribution in [2.45, 2.75) is 6.92 Å². The van der Waals surface area contributed by atoms with Crippen molar-refractivity contribution in [2.75, 3.05) is 6.61 Å². The van der Waals surface area contributed by atoms with E-state index in [1.165, 1.54) is 18.7 Å². The van der Waals surface area contributed by atoms with E-state index in [2.05, 4.69) is 15.2 Å². The summed E-state index contributed by atoms with van der Waals surface area (Å²) < 4.78 is 6.41. The lowest BCUT2D eigenvalue weighted by molar-refractivity contribution is 0.0519. The molecule has 0 bridgehead atoms. The van der Waals surface area contributed by atoms with Crippen LogP contribution >= 0.6 is 0 Å². The lowest BCUT2D eigenvalue weighted by atomic mass is 10.4. The molecule has 72 valence electrons. The molecule has 0 radical (unpaired) electrons. The molecule has 0 aliphatic carbocycles. The van der Waals surface area contributed by atoms with Crippen LogP contribution in [0.15, 0.2) is 18.7 Å². The van der Waals surface area contributed by atoms with Crippen LogP contribution < -0.4 is 0 Å². The number of fused-ring (bicyclic) bond motifs is 1. The van der Waals surface area contributed by atoms with Gasteiger partial charge >= 0.3 is 5.97 Å². The molecular formula is C8H8N4O2. The molecule has 0 aromatic carbocycles. The summed E-state index contributed by atoms with van der Waals surface area (Å²) >= 11 is 0. The predicted molar refractivity (Wildman–Crippen MR) is 46.7 cm³/mol. The van der Waals surface area contributed by atoms with Crippen molar-refractivity contribution in [3.63, 3.8) is 0 Å². The maximum atomic E-state index is 11.3. The summed E-state index contributed by atoms with van der Waals surface area (Å²) in [6.07, 6.45) is 4.51. The molecule has 0 aliphatic rings. The Morgan fingerprint density at radius 3 is 3.29 bits per heavy atom. The van der Waals surface area contributed by atoms with Gasteiger partial charge in [0.05, 0.1) is 12.8 Å². The van der Waals surface area contributed by atoms with Crippen molar-refractivity contribution in [2.24, 2.45) is 0 Å². The Bertz CT molecular complexity index is 465. The molecule has 14 heavy (non-hydrogen) atoms. The summed E-state index contributed by atoms with van der Waals surface area (Å²) in [6, 6.07) is 0. The number of rotatable bonds is 2. The van der Waals surface area contributed by atoms with Crippen LogP contribution in [0.2, 0.25) is 0 Å². The van der Waals surface area contributed by atoms with E-state index in [9.17, 15) is 4.79 Å². The van der Waals surface area contributed by atoms with Crippen LogP contribution in [0.3, 0.4) is 0 Å². The molecule has 0 spiro atoms. The molecule has 2 aromatic heterocycles. The van der Waals surface area contributed by atoms with Gasteiger partial charge in [0.25, 0.3) is 0 Å². The van der Waals surface area contributed by atoms with Crippen LogP contribution in [-0.4, -0.2) is 32.2 Å². The van der Waals surface area contributed by atoms with E-state index >= 15 is 0 Å². The monoisotopic (exact) mass is 192 g/mol. The first-order chi connectivity index (χ1) is 6.81. The second-order valence-electron chi connectivity index (χ2n) is 2.59. The molecular weight excluding hydrogens is 184 g/mol. The average molecular weight is 192 g/mol. The average Bonchev–Trinajstić information content (AvgIpc) is 2.64. The molecule has 0 atom stereocenters. The van der Waals surface area contributed by atoms with Crippen molar-refractivity contribution in [3.8, 4) is 0 Å². The zero-order valence-corrected chi connectivity index (χ0v) is 7.54. The van der Waals surface area contributed by atoms with Crippen LogP contribution in [0.5, 0.6) is 0 Å². The zero-order chi connectivity index (χ0) is 9.97. The Labute approximate surface area is 79.5 Å². The van der Waals surface area contributed by atoms with Crippen molar-refractivity contribution >= 4 is 11.6 Å². The van der Waals surface area contributed by atoms with Crippen LogP contribution in [0.4, 0.5) is 0 Å². The number of esters is 1. The Hall–Kier alpha value is -1.98. The van der Waals surface area contributed by atoms with Crippen LogP contribution in [0.1, 0.15) is 17.4 Å².